The number of urea groups is 1. The van der Waals surface area contributed by atoms with Crippen molar-refractivity contribution in [3.8, 4) is 0 Å². The minimum absolute atomic E-state index is 0.125. The smallest absolute Gasteiger partial charge is 0.332 e. The molecule has 0 unspecified atom stereocenters. The second-order valence-electron chi connectivity index (χ2n) is 8.69. The minimum Gasteiger partial charge on any atom is -0.711 e. The van der Waals surface area contributed by atoms with Gasteiger partial charge in [-0.1, -0.05) is 44.2 Å². The Morgan fingerprint density at radius 1 is 1.00 bits per heavy atom. The van der Waals surface area contributed by atoms with E-state index in [2.05, 4.69) is 0 Å². The highest BCUT2D eigenvalue weighted by Crippen LogP contribution is 2.35. The molecule has 1 fully saturated rings. The van der Waals surface area contributed by atoms with Crippen LogP contribution in [0.15, 0.2) is 30.3 Å². The molecule has 2 heterocycles. The van der Waals surface area contributed by atoms with E-state index in [0.29, 0.717) is 24.5 Å². The monoisotopic (exact) mass is 426 g/mol. The summed E-state index contributed by atoms with van der Waals surface area (Å²) in [4.78, 5) is 40.4. The molecule has 1 saturated heterocycles. The van der Waals surface area contributed by atoms with E-state index in [9.17, 15) is 19.6 Å². The molecular weight excluding hydrogens is 396 g/mol. The summed E-state index contributed by atoms with van der Waals surface area (Å²) in [6.45, 7) is 8.04. The van der Waals surface area contributed by atoms with Crippen LogP contribution >= 0.6 is 0 Å². The lowest BCUT2D eigenvalue weighted by atomic mass is 9.81. The van der Waals surface area contributed by atoms with Gasteiger partial charge in [-0.3, -0.25) is 19.4 Å². The van der Waals surface area contributed by atoms with Gasteiger partial charge in [0.1, 0.15) is 23.9 Å². The topological polar surface area (TPSA) is 89.6 Å². The van der Waals surface area contributed by atoms with Crippen LogP contribution in [0, 0.1) is 30.9 Å². The van der Waals surface area contributed by atoms with Gasteiger partial charge in [-0.25, -0.2) is 14.1 Å². The molecule has 0 bridgehead atoms. The first-order chi connectivity index (χ1) is 14.6. The van der Waals surface area contributed by atoms with Crippen LogP contribution in [-0.4, -0.2) is 46.3 Å². The van der Waals surface area contributed by atoms with Crippen LogP contribution in [-0.2, 0) is 16.1 Å². The van der Waals surface area contributed by atoms with Gasteiger partial charge in [0.05, 0.1) is 5.92 Å². The Hall–Kier alpha value is -3.16. The second kappa shape index (κ2) is 8.53. The maximum Gasteiger partial charge on any atom is 0.332 e. The number of aromatic nitrogens is 2. The van der Waals surface area contributed by atoms with E-state index in [1.807, 2.05) is 55.7 Å². The highest BCUT2D eigenvalue weighted by atomic mass is 16.5. The maximum absolute atomic E-state index is 13.3. The van der Waals surface area contributed by atoms with E-state index in [0.717, 1.165) is 25.8 Å². The standard InChI is InChI=1S/C23H30N4O4/c1-14(2)12-18(19-21(28)24(5)23(30)25(6)22(19)29)20-26(15(3)16(4)27(20)31)13-17-10-8-7-9-11-17/h7-11,14,18-19H,12-13H2,1-6H3/t18-/m1/s1. The van der Waals surface area contributed by atoms with E-state index in [4.69, 9.17) is 0 Å². The molecule has 1 atom stereocenters. The minimum atomic E-state index is -1.13. The van der Waals surface area contributed by atoms with Gasteiger partial charge in [0.15, 0.2) is 0 Å². The van der Waals surface area contributed by atoms with Crippen molar-refractivity contribution in [2.75, 3.05) is 14.1 Å². The fourth-order valence-electron chi connectivity index (χ4n) is 4.29. The predicted octanol–water partition coefficient (Wildman–Crippen LogP) is 2.58. The van der Waals surface area contributed by atoms with E-state index in [1.54, 1.807) is 6.92 Å². The number of rotatable bonds is 6. The Morgan fingerprint density at radius 2 is 1.55 bits per heavy atom. The van der Waals surface area contributed by atoms with Gasteiger partial charge in [-0.2, -0.15) is 0 Å². The summed E-state index contributed by atoms with van der Waals surface area (Å²) in [5.74, 6) is -2.41. The molecule has 1 aliphatic rings. The number of carbonyl (C=O) groups is 3. The third kappa shape index (κ3) is 3.94. The Labute approximate surface area is 182 Å². The molecule has 4 amide bonds. The van der Waals surface area contributed by atoms with Crippen molar-refractivity contribution in [2.45, 2.75) is 46.6 Å². The second-order valence-corrected chi connectivity index (χ2v) is 8.69. The van der Waals surface area contributed by atoms with Crippen LogP contribution < -0.4 is 4.73 Å². The number of hydrogen-bond donors (Lipinski definition) is 0. The van der Waals surface area contributed by atoms with Gasteiger partial charge in [-0.15, -0.1) is 0 Å². The quantitative estimate of drug-likeness (QED) is 0.403. The third-order valence-corrected chi connectivity index (χ3v) is 6.13. The fourth-order valence-corrected chi connectivity index (χ4v) is 4.29. The Kier molecular flexibility index (Phi) is 6.20. The summed E-state index contributed by atoms with van der Waals surface area (Å²) < 4.78 is 2.75. The van der Waals surface area contributed by atoms with E-state index >= 15 is 0 Å². The van der Waals surface area contributed by atoms with Crippen molar-refractivity contribution in [1.82, 2.24) is 14.4 Å². The summed E-state index contributed by atoms with van der Waals surface area (Å²) in [5.41, 5.74) is 2.33. The van der Waals surface area contributed by atoms with Gasteiger partial charge in [0.2, 0.25) is 11.8 Å². The first-order valence-electron chi connectivity index (χ1n) is 10.5. The zero-order valence-electron chi connectivity index (χ0n) is 19.0. The van der Waals surface area contributed by atoms with E-state index < -0.39 is 29.7 Å². The highest BCUT2D eigenvalue weighted by molar-refractivity contribution is 6.16. The third-order valence-electron chi connectivity index (χ3n) is 6.13. The first-order valence-corrected chi connectivity index (χ1v) is 10.5. The van der Waals surface area contributed by atoms with Crippen molar-refractivity contribution < 1.29 is 19.1 Å². The van der Waals surface area contributed by atoms with Gasteiger partial charge in [0.25, 0.3) is 5.82 Å². The number of amides is 4. The van der Waals surface area contributed by atoms with Crippen LogP contribution in [0.5, 0.6) is 0 Å². The lowest BCUT2D eigenvalue weighted by Gasteiger charge is -2.36. The average molecular weight is 427 g/mol. The van der Waals surface area contributed by atoms with Gasteiger partial charge in [0, 0.05) is 27.9 Å². The zero-order chi connectivity index (χ0) is 23.0. The Morgan fingerprint density at radius 3 is 2.06 bits per heavy atom. The highest BCUT2D eigenvalue weighted by Gasteiger charge is 2.50. The van der Waals surface area contributed by atoms with Gasteiger partial charge in [-0.05, 0) is 17.9 Å². The molecule has 0 spiro atoms. The van der Waals surface area contributed by atoms with Crippen LogP contribution in [0.4, 0.5) is 4.79 Å². The van der Waals surface area contributed by atoms with Crippen LogP contribution in [0.25, 0.3) is 0 Å². The lowest BCUT2D eigenvalue weighted by Crippen LogP contribution is -2.59. The predicted molar refractivity (Wildman–Crippen MR) is 115 cm³/mol. The van der Waals surface area contributed by atoms with Crippen molar-refractivity contribution in [2.24, 2.45) is 11.8 Å². The molecule has 0 saturated carbocycles. The number of carbonyl (C=O) groups excluding carboxylic acids is 3. The molecule has 0 N–H and O–H groups in total. The number of imidazole rings is 1. The molecule has 0 radical (unpaired) electrons. The number of barbiturate groups is 1. The Balaban J connectivity index is 2.17. The zero-order valence-corrected chi connectivity index (χ0v) is 19.0. The molecule has 31 heavy (non-hydrogen) atoms. The van der Waals surface area contributed by atoms with Crippen molar-refractivity contribution in [1.29, 1.82) is 0 Å². The fraction of sp³-hybridized carbons (Fsp3) is 0.478. The van der Waals surface area contributed by atoms with E-state index in [-0.39, 0.29) is 5.92 Å². The lowest BCUT2D eigenvalue weighted by molar-refractivity contribution is -0.622. The average Bonchev–Trinajstić information content (AvgIpc) is 2.94. The molecule has 3 rings (SSSR count). The molecule has 0 aliphatic carbocycles. The molecule has 1 aliphatic heterocycles. The maximum atomic E-state index is 13.3. The van der Waals surface area contributed by atoms with Crippen molar-refractivity contribution >= 4 is 17.8 Å². The summed E-state index contributed by atoms with van der Waals surface area (Å²) >= 11 is 0. The first kappa shape index (κ1) is 22.5. The number of benzene rings is 1. The molecule has 166 valence electrons. The number of nitrogens with zero attached hydrogens (tertiary/aromatic N) is 4. The normalized spacial score (nSPS) is 16.5. The summed E-state index contributed by atoms with van der Waals surface area (Å²) in [7, 11) is 2.75. The molecular formula is C23H30N4O4. The summed E-state index contributed by atoms with van der Waals surface area (Å²) in [6, 6.07) is 9.08. The van der Waals surface area contributed by atoms with E-state index in [1.165, 1.54) is 14.1 Å². The summed E-state index contributed by atoms with van der Waals surface area (Å²) in [5, 5.41) is 13.3. The summed E-state index contributed by atoms with van der Waals surface area (Å²) in [6.07, 6.45) is 0.456. The molecule has 8 heteroatoms. The Bertz CT molecular complexity index is 988. The van der Waals surface area contributed by atoms with Crippen LogP contribution in [0.2, 0.25) is 0 Å². The largest absolute Gasteiger partial charge is 0.711 e. The van der Waals surface area contributed by atoms with Crippen molar-refractivity contribution in [3.05, 3.63) is 58.3 Å². The molecule has 1 aromatic heterocycles. The van der Waals surface area contributed by atoms with Gasteiger partial charge < -0.3 is 5.21 Å². The van der Waals surface area contributed by atoms with Crippen LogP contribution in [0.3, 0.4) is 0 Å². The van der Waals surface area contributed by atoms with Crippen LogP contribution in [0.1, 0.15) is 49.0 Å². The van der Waals surface area contributed by atoms with Crippen molar-refractivity contribution in [3.63, 3.8) is 0 Å². The SMILES string of the molecule is Cc1c(C)[n+]([O-])c([C@H](CC(C)C)C2C(=O)N(C)C(=O)N(C)C2=O)n1Cc1ccccc1. The van der Waals surface area contributed by atoms with Gasteiger partial charge >= 0.3 is 6.03 Å². The molecule has 1 aromatic carbocycles. The number of hydrogen-bond acceptors (Lipinski definition) is 4. The molecule has 8 nitrogen and oxygen atoms in total. The number of imide groups is 2. The molecule has 2 aromatic rings.